The summed E-state index contributed by atoms with van der Waals surface area (Å²) in [5.41, 5.74) is 0.697. The monoisotopic (exact) mass is 266 g/mol. The molecule has 1 aromatic carbocycles. The fourth-order valence-corrected chi connectivity index (χ4v) is 2.45. The van der Waals surface area contributed by atoms with Gasteiger partial charge in [0.15, 0.2) is 5.78 Å². The summed E-state index contributed by atoms with van der Waals surface area (Å²) in [7, 11) is 0. The molecular formula is C15H22O2S. The van der Waals surface area contributed by atoms with Crippen molar-refractivity contribution in [1.82, 2.24) is 0 Å². The molecule has 2 nitrogen and oxygen atoms in total. The summed E-state index contributed by atoms with van der Waals surface area (Å²) in [5, 5.41) is 0. The quantitative estimate of drug-likeness (QED) is 0.697. The summed E-state index contributed by atoms with van der Waals surface area (Å²) in [4.78, 5) is 12.1. The lowest BCUT2D eigenvalue weighted by molar-refractivity contribution is 0.101. The molecule has 0 fully saturated rings. The van der Waals surface area contributed by atoms with Crippen LogP contribution in [0.1, 0.15) is 38.1 Å². The van der Waals surface area contributed by atoms with Crippen LogP contribution in [0.15, 0.2) is 24.3 Å². The minimum atomic E-state index is 0.0854. The third-order valence-electron chi connectivity index (χ3n) is 2.23. The predicted octanol–water partition coefficient (Wildman–Crippen LogP) is 4.05. The molecule has 18 heavy (non-hydrogen) atoms. The van der Waals surface area contributed by atoms with Crippen LogP contribution in [0.3, 0.4) is 0 Å². The van der Waals surface area contributed by atoms with Gasteiger partial charge in [0.2, 0.25) is 0 Å². The number of ether oxygens (including phenoxy) is 1. The number of Topliss-reactive ketones (excluding diaryl/α,β-unsaturated/α-hetero) is 1. The Morgan fingerprint density at radius 3 is 2.50 bits per heavy atom. The average molecular weight is 266 g/mol. The van der Waals surface area contributed by atoms with Gasteiger partial charge in [0.05, 0.1) is 17.4 Å². The normalized spacial score (nSPS) is 11.0. The van der Waals surface area contributed by atoms with E-state index in [9.17, 15) is 4.79 Å². The van der Waals surface area contributed by atoms with E-state index in [2.05, 4.69) is 13.8 Å². The number of benzene rings is 1. The summed E-state index contributed by atoms with van der Waals surface area (Å²) in [6.45, 7) is 8.25. The maximum atomic E-state index is 12.1. The molecule has 0 saturated heterocycles. The Labute approximate surface area is 114 Å². The first-order chi connectivity index (χ1) is 8.50. The van der Waals surface area contributed by atoms with Crippen molar-refractivity contribution in [2.45, 2.75) is 33.8 Å². The highest BCUT2D eigenvalue weighted by Gasteiger charge is 2.13. The molecule has 0 N–H and O–H groups in total. The van der Waals surface area contributed by atoms with Gasteiger partial charge in [0.1, 0.15) is 5.75 Å². The van der Waals surface area contributed by atoms with Crippen molar-refractivity contribution in [2.24, 2.45) is 5.92 Å². The number of hydrogen-bond donors (Lipinski definition) is 0. The Kier molecular flexibility index (Phi) is 6.27. The Morgan fingerprint density at radius 2 is 1.89 bits per heavy atom. The number of para-hydroxylation sites is 1. The van der Waals surface area contributed by atoms with Gasteiger partial charge in [-0.2, -0.15) is 11.8 Å². The van der Waals surface area contributed by atoms with Gasteiger partial charge in [-0.1, -0.05) is 26.0 Å². The average Bonchev–Trinajstić information content (AvgIpc) is 2.28. The van der Waals surface area contributed by atoms with Crippen molar-refractivity contribution in [1.29, 1.82) is 0 Å². The first-order valence-corrected chi connectivity index (χ1v) is 7.52. The standard InChI is InChI=1S/C15H22O2S/c1-11(2)9-18-10-14(16)13-7-5-6-8-15(13)17-12(3)4/h5-8,11-12H,9-10H2,1-4H3. The smallest absolute Gasteiger partial charge is 0.176 e. The van der Waals surface area contributed by atoms with Gasteiger partial charge >= 0.3 is 0 Å². The lowest BCUT2D eigenvalue weighted by Crippen LogP contribution is -2.11. The molecule has 0 saturated carbocycles. The molecule has 0 spiro atoms. The van der Waals surface area contributed by atoms with Gasteiger partial charge < -0.3 is 4.74 Å². The second kappa shape index (κ2) is 7.47. The van der Waals surface area contributed by atoms with E-state index in [0.29, 0.717) is 23.0 Å². The second-order valence-corrected chi connectivity index (χ2v) is 6.03. The minimum Gasteiger partial charge on any atom is -0.490 e. The Balaban J connectivity index is 2.66. The second-order valence-electron chi connectivity index (χ2n) is 4.99. The first-order valence-electron chi connectivity index (χ1n) is 6.37. The lowest BCUT2D eigenvalue weighted by atomic mass is 10.1. The highest BCUT2D eigenvalue weighted by atomic mass is 32.2. The Bertz CT molecular complexity index is 386. The van der Waals surface area contributed by atoms with E-state index in [1.807, 2.05) is 38.1 Å². The van der Waals surface area contributed by atoms with Gasteiger partial charge in [-0.15, -0.1) is 0 Å². The fourth-order valence-electron chi connectivity index (χ4n) is 1.52. The molecule has 1 rings (SSSR count). The molecule has 3 heteroatoms. The molecule has 0 aromatic heterocycles. The van der Waals surface area contributed by atoms with E-state index in [1.54, 1.807) is 11.8 Å². The summed E-state index contributed by atoms with van der Waals surface area (Å²) in [6, 6.07) is 7.49. The van der Waals surface area contributed by atoms with Crippen molar-refractivity contribution in [3.63, 3.8) is 0 Å². The van der Waals surface area contributed by atoms with E-state index in [-0.39, 0.29) is 11.9 Å². The summed E-state index contributed by atoms with van der Waals surface area (Å²) in [6.07, 6.45) is 0.0854. The number of hydrogen-bond acceptors (Lipinski definition) is 3. The van der Waals surface area contributed by atoms with Crippen LogP contribution in [0.25, 0.3) is 0 Å². The van der Waals surface area contributed by atoms with Crippen molar-refractivity contribution in [3.8, 4) is 5.75 Å². The van der Waals surface area contributed by atoms with Gasteiger partial charge in [0, 0.05) is 0 Å². The van der Waals surface area contributed by atoms with Crippen LogP contribution in [0.2, 0.25) is 0 Å². The lowest BCUT2D eigenvalue weighted by Gasteiger charge is -2.13. The molecule has 0 atom stereocenters. The van der Waals surface area contributed by atoms with Crippen LogP contribution in [0, 0.1) is 5.92 Å². The summed E-state index contributed by atoms with van der Waals surface area (Å²) >= 11 is 1.69. The fraction of sp³-hybridized carbons (Fsp3) is 0.533. The third kappa shape index (κ3) is 5.13. The van der Waals surface area contributed by atoms with Crippen LogP contribution < -0.4 is 4.74 Å². The predicted molar refractivity (Wildman–Crippen MR) is 78.7 cm³/mol. The van der Waals surface area contributed by atoms with Crippen LogP contribution in [-0.4, -0.2) is 23.4 Å². The number of carbonyl (C=O) groups is 1. The molecule has 0 heterocycles. The van der Waals surface area contributed by atoms with Gasteiger partial charge in [-0.25, -0.2) is 0 Å². The van der Waals surface area contributed by atoms with Crippen LogP contribution >= 0.6 is 11.8 Å². The maximum Gasteiger partial charge on any atom is 0.176 e. The molecule has 0 unspecified atom stereocenters. The summed E-state index contributed by atoms with van der Waals surface area (Å²) < 4.78 is 5.66. The van der Waals surface area contributed by atoms with E-state index < -0.39 is 0 Å². The summed E-state index contributed by atoms with van der Waals surface area (Å²) in [5.74, 6) is 3.00. The van der Waals surface area contributed by atoms with Crippen molar-refractivity contribution < 1.29 is 9.53 Å². The maximum absolute atomic E-state index is 12.1. The van der Waals surface area contributed by atoms with Gasteiger partial charge in [-0.05, 0) is 37.7 Å². The molecule has 0 aliphatic heterocycles. The first kappa shape index (κ1) is 15.1. The number of ketones is 1. The minimum absolute atomic E-state index is 0.0854. The molecule has 0 bridgehead atoms. The Hall–Kier alpha value is -0.960. The van der Waals surface area contributed by atoms with E-state index >= 15 is 0 Å². The van der Waals surface area contributed by atoms with E-state index in [4.69, 9.17) is 4.74 Å². The largest absolute Gasteiger partial charge is 0.490 e. The molecule has 0 aliphatic rings. The third-order valence-corrected chi connectivity index (χ3v) is 3.60. The molecular weight excluding hydrogens is 244 g/mol. The zero-order valence-electron chi connectivity index (χ0n) is 11.6. The zero-order chi connectivity index (χ0) is 13.5. The molecule has 1 aromatic rings. The van der Waals surface area contributed by atoms with Gasteiger partial charge in [0.25, 0.3) is 0 Å². The molecule has 100 valence electrons. The van der Waals surface area contributed by atoms with Crippen LogP contribution in [0.5, 0.6) is 5.75 Å². The van der Waals surface area contributed by atoms with Crippen LogP contribution in [0.4, 0.5) is 0 Å². The number of carbonyl (C=O) groups excluding carboxylic acids is 1. The highest BCUT2D eigenvalue weighted by Crippen LogP contribution is 2.21. The van der Waals surface area contributed by atoms with E-state index in [0.717, 1.165) is 5.75 Å². The van der Waals surface area contributed by atoms with Crippen LogP contribution in [-0.2, 0) is 0 Å². The van der Waals surface area contributed by atoms with E-state index in [1.165, 1.54) is 0 Å². The van der Waals surface area contributed by atoms with Crippen molar-refractivity contribution >= 4 is 17.5 Å². The highest BCUT2D eigenvalue weighted by molar-refractivity contribution is 7.99. The van der Waals surface area contributed by atoms with Gasteiger partial charge in [-0.3, -0.25) is 4.79 Å². The molecule has 0 radical (unpaired) electrons. The molecule has 0 amide bonds. The van der Waals surface area contributed by atoms with Crippen molar-refractivity contribution in [2.75, 3.05) is 11.5 Å². The SMILES string of the molecule is CC(C)CSCC(=O)c1ccccc1OC(C)C. The number of thioether (sulfide) groups is 1. The molecule has 0 aliphatic carbocycles. The zero-order valence-corrected chi connectivity index (χ0v) is 12.4. The van der Waals surface area contributed by atoms with Crippen molar-refractivity contribution in [3.05, 3.63) is 29.8 Å². The topological polar surface area (TPSA) is 26.3 Å². The Morgan fingerprint density at radius 1 is 1.22 bits per heavy atom. The number of rotatable bonds is 7.